The van der Waals surface area contributed by atoms with Gasteiger partial charge in [0, 0.05) is 13.1 Å². The number of hydrogen-bond acceptors (Lipinski definition) is 5. The lowest BCUT2D eigenvalue weighted by Crippen LogP contribution is -2.40. The molecule has 0 fully saturated rings. The molecule has 0 atom stereocenters. The van der Waals surface area contributed by atoms with Crippen molar-refractivity contribution in [3.8, 4) is 0 Å². The minimum atomic E-state index is -5.17. The Bertz CT molecular complexity index is 1020. The zero-order valence-electron chi connectivity index (χ0n) is 14.5. The first-order chi connectivity index (χ1) is 12.8. The smallest absolute Gasteiger partial charge is 0.418 e. The molecule has 0 N–H and O–H groups in total. The molecule has 0 radical (unpaired) electrons. The van der Waals surface area contributed by atoms with E-state index in [2.05, 4.69) is 4.74 Å². The molecular formula is C15H14F6N2O4S. The Kier molecular flexibility index (Phi) is 5.97. The largest absolute Gasteiger partial charge is 0.462 e. The number of ether oxygens (including phenoxy) is 1. The summed E-state index contributed by atoms with van der Waals surface area (Å²) < 4.78 is 84.1. The van der Waals surface area contributed by atoms with Gasteiger partial charge < -0.3 is 4.74 Å². The zero-order valence-corrected chi connectivity index (χ0v) is 15.3. The Hall–Kier alpha value is -2.31. The summed E-state index contributed by atoms with van der Waals surface area (Å²) in [7, 11) is 0. The van der Waals surface area contributed by atoms with Crippen LogP contribution in [-0.4, -0.2) is 27.9 Å². The molecule has 0 aromatic carbocycles. The number of aryl methyl sites for hydroxylation is 1. The summed E-state index contributed by atoms with van der Waals surface area (Å²) in [5, 5.41) is -1.02. The SMILES string of the molecule is CCOC(=O)c1sc2c(c1C(F)(F)F)c(=O)n(CC)c(=O)n2CCC(F)(F)F. The zero-order chi connectivity index (χ0) is 21.4. The summed E-state index contributed by atoms with van der Waals surface area (Å²) >= 11 is 0.111. The van der Waals surface area contributed by atoms with Crippen molar-refractivity contribution >= 4 is 27.5 Å². The number of fused-ring (bicyclic) bond motifs is 1. The van der Waals surface area contributed by atoms with Gasteiger partial charge in [-0.25, -0.2) is 9.59 Å². The molecule has 0 aliphatic carbocycles. The fourth-order valence-corrected chi connectivity index (χ4v) is 3.81. The van der Waals surface area contributed by atoms with Crippen LogP contribution in [0.1, 0.15) is 35.5 Å². The van der Waals surface area contributed by atoms with Gasteiger partial charge in [0.05, 0.1) is 24.0 Å². The Morgan fingerprint density at radius 1 is 1.07 bits per heavy atom. The van der Waals surface area contributed by atoms with Gasteiger partial charge in [-0.05, 0) is 13.8 Å². The molecule has 2 heterocycles. The topological polar surface area (TPSA) is 70.3 Å². The van der Waals surface area contributed by atoms with Crippen molar-refractivity contribution < 1.29 is 35.9 Å². The Morgan fingerprint density at radius 3 is 2.14 bits per heavy atom. The highest BCUT2D eigenvalue weighted by Gasteiger charge is 2.42. The first-order valence-electron chi connectivity index (χ1n) is 7.94. The summed E-state index contributed by atoms with van der Waals surface area (Å²) in [6, 6.07) is 0. The molecule has 0 bridgehead atoms. The number of aromatic nitrogens is 2. The normalized spacial score (nSPS) is 12.6. The van der Waals surface area contributed by atoms with E-state index < -0.39 is 63.2 Å². The minimum absolute atomic E-state index is 0.111. The predicted octanol–water partition coefficient (Wildman–Crippen LogP) is 3.39. The molecule has 0 saturated carbocycles. The van der Waals surface area contributed by atoms with E-state index >= 15 is 0 Å². The summed E-state index contributed by atoms with van der Waals surface area (Å²) in [6.07, 6.45) is -11.4. The van der Waals surface area contributed by atoms with E-state index in [0.29, 0.717) is 9.13 Å². The van der Waals surface area contributed by atoms with Gasteiger partial charge >= 0.3 is 24.0 Å². The first kappa shape index (κ1) is 22.0. The third-order valence-electron chi connectivity index (χ3n) is 3.74. The second-order valence-electron chi connectivity index (χ2n) is 5.55. The lowest BCUT2D eigenvalue weighted by atomic mass is 10.1. The van der Waals surface area contributed by atoms with Crippen molar-refractivity contribution in [2.45, 2.75) is 45.7 Å². The fraction of sp³-hybridized carbons (Fsp3) is 0.533. The number of carbonyl (C=O) groups is 1. The van der Waals surface area contributed by atoms with Gasteiger partial charge in [-0.2, -0.15) is 26.3 Å². The number of hydrogen-bond donors (Lipinski definition) is 0. The summed E-state index contributed by atoms with van der Waals surface area (Å²) in [6.45, 7) is 1.02. The van der Waals surface area contributed by atoms with E-state index in [-0.39, 0.29) is 24.5 Å². The molecule has 13 heteroatoms. The summed E-state index contributed by atoms with van der Waals surface area (Å²) in [5.41, 5.74) is -4.13. The third kappa shape index (κ3) is 4.08. The van der Waals surface area contributed by atoms with Crippen molar-refractivity contribution in [3.05, 3.63) is 31.3 Å². The van der Waals surface area contributed by atoms with Crippen LogP contribution < -0.4 is 11.2 Å². The molecule has 2 rings (SSSR count). The number of alkyl halides is 6. The van der Waals surface area contributed by atoms with Gasteiger partial charge in [-0.1, -0.05) is 0 Å². The van der Waals surface area contributed by atoms with Crippen molar-refractivity contribution in [2.24, 2.45) is 0 Å². The highest BCUT2D eigenvalue weighted by atomic mass is 32.1. The quantitative estimate of drug-likeness (QED) is 0.537. The molecule has 0 spiro atoms. The van der Waals surface area contributed by atoms with Crippen molar-refractivity contribution in [2.75, 3.05) is 6.61 Å². The van der Waals surface area contributed by atoms with E-state index in [1.165, 1.54) is 13.8 Å². The first-order valence-corrected chi connectivity index (χ1v) is 8.76. The van der Waals surface area contributed by atoms with Crippen LogP contribution in [0.5, 0.6) is 0 Å². The van der Waals surface area contributed by atoms with Crippen LogP contribution in [0.3, 0.4) is 0 Å². The highest BCUT2D eigenvalue weighted by molar-refractivity contribution is 7.20. The van der Waals surface area contributed by atoms with E-state index in [9.17, 15) is 40.7 Å². The summed E-state index contributed by atoms with van der Waals surface area (Å²) in [4.78, 5) is 35.2. The van der Waals surface area contributed by atoms with Gasteiger partial charge in [0.25, 0.3) is 5.56 Å². The molecular weight excluding hydrogens is 418 g/mol. The number of rotatable bonds is 5. The molecule has 0 saturated heterocycles. The Labute approximate surface area is 156 Å². The van der Waals surface area contributed by atoms with Crippen molar-refractivity contribution in [1.82, 2.24) is 9.13 Å². The fourth-order valence-electron chi connectivity index (χ4n) is 2.59. The lowest BCUT2D eigenvalue weighted by Gasteiger charge is -2.13. The van der Waals surface area contributed by atoms with E-state index in [0.717, 1.165) is 0 Å². The van der Waals surface area contributed by atoms with Gasteiger partial charge in [0.15, 0.2) is 0 Å². The average molecular weight is 432 g/mol. The molecule has 2 aromatic rings. The van der Waals surface area contributed by atoms with Crippen LogP contribution in [0.15, 0.2) is 9.59 Å². The second kappa shape index (κ2) is 7.60. The second-order valence-corrected chi connectivity index (χ2v) is 6.55. The van der Waals surface area contributed by atoms with Gasteiger partial charge in [-0.3, -0.25) is 13.9 Å². The van der Waals surface area contributed by atoms with E-state index in [4.69, 9.17) is 0 Å². The molecule has 2 aromatic heterocycles. The van der Waals surface area contributed by atoms with Gasteiger partial charge in [0.1, 0.15) is 9.71 Å². The van der Waals surface area contributed by atoms with Crippen LogP contribution in [0.4, 0.5) is 26.3 Å². The molecule has 0 aliphatic heterocycles. The lowest BCUT2D eigenvalue weighted by molar-refractivity contribution is -0.137. The molecule has 0 aliphatic rings. The molecule has 28 heavy (non-hydrogen) atoms. The number of nitrogens with zero attached hydrogens (tertiary/aromatic N) is 2. The molecule has 6 nitrogen and oxygen atoms in total. The number of thiophene rings is 1. The van der Waals surface area contributed by atoms with Gasteiger partial charge in [0.2, 0.25) is 0 Å². The third-order valence-corrected chi connectivity index (χ3v) is 4.93. The predicted molar refractivity (Wildman–Crippen MR) is 87.6 cm³/mol. The summed E-state index contributed by atoms with van der Waals surface area (Å²) in [5.74, 6) is -1.38. The average Bonchev–Trinajstić information content (AvgIpc) is 2.95. The molecule has 156 valence electrons. The Morgan fingerprint density at radius 2 is 1.68 bits per heavy atom. The van der Waals surface area contributed by atoms with Crippen LogP contribution in [0.25, 0.3) is 10.2 Å². The van der Waals surface area contributed by atoms with Crippen LogP contribution in [0.2, 0.25) is 0 Å². The monoisotopic (exact) mass is 432 g/mol. The number of halogens is 6. The number of esters is 1. The van der Waals surface area contributed by atoms with Crippen LogP contribution in [0, 0.1) is 0 Å². The van der Waals surface area contributed by atoms with Gasteiger partial charge in [-0.15, -0.1) is 11.3 Å². The minimum Gasteiger partial charge on any atom is -0.462 e. The number of carbonyl (C=O) groups excluding carboxylic acids is 1. The van der Waals surface area contributed by atoms with Crippen molar-refractivity contribution in [1.29, 1.82) is 0 Å². The molecule has 0 amide bonds. The van der Waals surface area contributed by atoms with E-state index in [1.54, 1.807) is 0 Å². The maximum atomic E-state index is 13.6. The maximum absolute atomic E-state index is 13.6. The van der Waals surface area contributed by atoms with Crippen LogP contribution in [-0.2, 0) is 24.0 Å². The highest BCUT2D eigenvalue weighted by Crippen LogP contribution is 2.41. The van der Waals surface area contributed by atoms with Crippen molar-refractivity contribution in [3.63, 3.8) is 0 Å². The standard InChI is InChI=1S/C15H14F6N2O4S/c1-3-22-10(24)7-8(15(19,20)21)9(12(25)27-4-2)28-11(7)23(13(22)26)6-5-14(16,17)18/h3-6H2,1-2H3. The molecule has 0 unspecified atom stereocenters. The maximum Gasteiger partial charge on any atom is 0.418 e. The van der Waals surface area contributed by atoms with Crippen LogP contribution >= 0.6 is 11.3 Å². The Balaban J connectivity index is 2.96. The van der Waals surface area contributed by atoms with E-state index in [1.807, 2.05) is 0 Å².